The summed E-state index contributed by atoms with van der Waals surface area (Å²) in [5.74, 6) is -0.457. The van der Waals surface area contributed by atoms with Gasteiger partial charge in [0.2, 0.25) is 10.0 Å². The summed E-state index contributed by atoms with van der Waals surface area (Å²) < 4.78 is 29.1. The first kappa shape index (κ1) is 21.0. The average molecular weight is 417 g/mol. The summed E-state index contributed by atoms with van der Waals surface area (Å²) >= 11 is 0. The molecule has 2 aromatic carbocycles. The van der Waals surface area contributed by atoms with Gasteiger partial charge in [-0.25, -0.2) is 13.6 Å². The number of hydrogen-bond acceptors (Lipinski definition) is 5. The molecule has 1 amide bonds. The van der Waals surface area contributed by atoms with Gasteiger partial charge < -0.3 is 15.4 Å². The van der Waals surface area contributed by atoms with Crippen LogP contribution in [0.15, 0.2) is 47.4 Å². The van der Waals surface area contributed by atoms with E-state index < -0.39 is 15.9 Å². The van der Waals surface area contributed by atoms with Crippen LogP contribution in [-0.4, -0.2) is 51.4 Å². The number of benzene rings is 2. The minimum absolute atomic E-state index is 0.0516. The van der Waals surface area contributed by atoms with Crippen LogP contribution < -0.4 is 10.9 Å². The molecule has 0 aromatic heterocycles. The van der Waals surface area contributed by atoms with Crippen LogP contribution in [0.4, 0.5) is 0 Å². The van der Waals surface area contributed by atoms with Crippen LogP contribution >= 0.6 is 0 Å². The summed E-state index contributed by atoms with van der Waals surface area (Å²) in [5, 5.41) is 13.1. The fraction of sp³-hybridized carbons (Fsp3) is 0.300. The lowest BCUT2D eigenvalue weighted by molar-refractivity contribution is 0.0351. The Morgan fingerprint density at radius 2 is 1.76 bits per heavy atom. The molecule has 0 atom stereocenters. The van der Waals surface area contributed by atoms with E-state index in [2.05, 4.69) is 0 Å². The molecule has 8 nitrogen and oxygen atoms in total. The Morgan fingerprint density at radius 3 is 2.28 bits per heavy atom. The van der Waals surface area contributed by atoms with Crippen molar-refractivity contribution < 1.29 is 17.9 Å². The van der Waals surface area contributed by atoms with Gasteiger partial charge in [-0.3, -0.25) is 10.2 Å². The highest BCUT2D eigenvalue weighted by molar-refractivity contribution is 7.89. The van der Waals surface area contributed by atoms with Crippen LogP contribution in [-0.2, 0) is 14.8 Å². The Balaban J connectivity index is 1.90. The highest BCUT2D eigenvalue weighted by Gasteiger charge is 2.24. The number of ether oxygens (including phenoxy) is 1. The van der Waals surface area contributed by atoms with Gasteiger partial charge in [0.15, 0.2) is 0 Å². The number of carbonyl (C=O) groups excluding carboxylic acids is 1. The number of nitrogens with zero attached hydrogens (tertiary/aromatic N) is 1. The predicted octanol–water partition coefficient (Wildman–Crippen LogP) is 1.54. The van der Waals surface area contributed by atoms with E-state index in [4.69, 9.17) is 21.0 Å². The van der Waals surface area contributed by atoms with E-state index in [0.717, 1.165) is 12.8 Å². The number of methoxy groups -OCH3 is 1. The van der Waals surface area contributed by atoms with Crippen molar-refractivity contribution in [3.05, 3.63) is 53.6 Å². The number of piperidine rings is 1. The highest BCUT2D eigenvalue weighted by atomic mass is 32.2. The molecular weight excluding hydrogens is 392 g/mol. The van der Waals surface area contributed by atoms with Gasteiger partial charge in [0.05, 0.1) is 11.0 Å². The molecule has 0 radical (unpaired) electrons. The molecular formula is C20H24N4O4S. The van der Waals surface area contributed by atoms with Gasteiger partial charge in [-0.05, 0) is 42.2 Å². The van der Waals surface area contributed by atoms with Crippen molar-refractivity contribution in [2.75, 3.05) is 20.2 Å². The first-order valence-electron chi connectivity index (χ1n) is 9.15. The molecule has 1 saturated heterocycles. The molecule has 1 aliphatic heterocycles. The number of carbonyl (C=O) groups is 1. The summed E-state index contributed by atoms with van der Waals surface area (Å²) in [6.45, 7) is 1.29. The number of sulfonamides is 1. The minimum Gasteiger partial charge on any atom is -0.384 e. The molecule has 29 heavy (non-hydrogen) atoms. The zero-order chi connectivity index (χ0) is 21.2. The minimum atomic E-state index is -4.04. The zero-order valence-corrected chi connectivity index (χ0v) is 16.9. The van der Waals surface area contributed by atoms with Crippen molar-refractivity contribution in [1.82, 2.24) is 4.90 Å². The lowest BCUT2D eigenvalue weighted by Crippen LogP contribution is -2.40. The topological polar surface area (TPSA) is 140 Å². The number of rotatable bonds is 5. The Kier molecular flexibility index (Phi) is 6.02. The average Bonchev–Trinajstić information content (AvgIpc) is 2.72. The van der Waals surface area contributed by atoms with Crippen LogP contribution in [0.3, 0.4) is 0 Å². The standard InChI is InChI=1S/C20H24N4O4S/c1-28-15-9-11-24(12-10-15)20(25)14-7-5-13(6-8-14)16-3-2-4-17(29(23,26)27)18(16)19(21)22/h2-8,15H,9-12H2,1H3,(H3,21,22)(H2,23,26,27). The molecule has 2 aromatic rings. The second-order valence-corrected chi connectivity index (χ2v) is 8.47. The predicted molar refractivity (Wildman–Crippen MR) is 110 cm³/mol. The van der Waals surface area contributed by atoms with E-state index in [1.165, 1.54) is 6.07 Å². The van der Waals surface area contributed by atoms with E-state index in [9.17, 15) is 13.2 Å². The second-order valence-electron chi connectivity index (χ2n) is 6.94. The Bertz CT molecular complexity index is 1030. The van der Waals surface area contributed by atoms with Gasteiger partial charge in [0.1, 0.15) is 5.84 Å². The van der Waals surface area contributed by atoms with Crippen molar-refractivity contribution in [2.45, 2.75) is 23.8 Å². The smallest absolute Gasteiger partial charge is 0.253 e. The normalized spacial score (nSPS) is 15.3. The van der Waals surface area contributed by atoms with Gasteiger partial charge in [0, 0.05) is 31.3 Å². The molecule has 0 aliphatic carbocycles. The van der Waals surface area contributed by atoms with Crippen molar-refractivity contribution in [2.24, 2.45) is 10.9 Å². The number of nitrogen functional groups attached to an aromatic ring is 1. The Hall–Kier alpha value is -2.75. The van der Waals surface area contributed by atoms with Gasteiger partial charge in [0.25, 0.3) is 5.91 Å². The molecule has 1 fully saturated rings. The lowest BCUT2D eigenvalue weighted by atomic mass is 9.97. The SMILES string of the molecule is COC1CCN(C(=O)c2ccc(-c3cccc(S(N)(=O)=O)c3C(=N)N)cc2)CC1. The number of amides is 1. The quantitative estimate of drug-likeness (QED) is 0.501. The number of hydrogen-bond donors (Lipinski definition) is 3. The first-order chi connectivity index (χ1) is 13.7. The van der Waals surface area contributed by atoms with E-state index in [1.807, 2.05) is 0 Å². The van der Waals surface area contributed by atoms with E-state index in [0.29, 0.717) is 29.8 Å². The fourth-order valence-corrected chi connectivity index (χ4v) is 4.33. The summed E-state index contributed by atoms with van der Waals surface area (Å²) in [6.07, 6.45) is 1.81. The van der Waals surface area contributed by atoms with Gasteiger partial charge >= 0.3 is 0 Å². The highest BCUT2D eigenvalue weighted by Crippen LogP contribution is 2.29. The summed E-state index contributed by atoms with van der Waals surface area (Å²) in [6, 6.07) is 11.3. The first-order valence-corrected chi connectivity index (χ1v) is 10.7. The van der Waals surface area contributed by atoms with Gasteiger partial charge in [-0.1, -0.05) is 24.3 Å². The maximum atomic E-state index is 12.7. The third kappa shape index (κ3) is 4.47. The molecule has 0 unspecified atom stereocenters. The van der Waals surface area contributed by atoms with Crippen LogP contribution in [0, 0.1) is 5.41 Å². The van der Waals surface area contributed by atoms with Crippen LogP contribution in [0.25, 0.3) is 11.1 Å². The molecule has 9 heteroatoms. The number of likely N-dealkylation sites (tertiary alicyclic amines) is 1. The van der Waals surface area contributed by atoms with E-state index in [-0.39, 0.29) is 22.5 Å². The monoisotopic (exact) mass is 416 g/mol. The molecule has 0 saturated carbocycles. The largest absolute Gasteiger partial charge is 0.384 e. The number of primary sulfonamides is 1. The zero-order valence-electron chi connectivity index (χ0n) is 16.1. The molecule has 0 spiro atoms. The molecule has 3 rings (SSSR count). The maximum Gasteiger partial charge on any atom is 0.253 e. The Labute approximate surface area is 170 Å². The number of nitrogens with two attached hydrogens (primary N) is 2. The molecule has 0 bridgehead atoms. The third-order valence-electron chi connectivity index (χ3n) is 5.11. The van der Waals surface area contributed by atoms with Crippen molar-refractivity contribution in [3.8, 4) is 11.1 Å². The number of nitrogens with one attached hydrogen (secondary N) is 1. The van der Waals surface area contributed by atoms with Crippen LogP contribution in [0.2, 0.25) is 0 Å². The molecule has 5 N–H and O–H groups in total. The molecule has 1 aliphatic rings. The fourth-order valence-electron chi connectivity index (χ4n) is 3.56. The number of amidine groups is 1. The van der Waals surface area contributed by atoms with Gasteiger partial charge in [-0.2, -0.15) is 0 Å². The lowest BCUT2D eigenvalue weighted by Gasteiger charge is -2.31. The van der Waals surface area contributed by atoms with Gasteiger partial charge in [-0.15, -0.1) is 0 Å². The molecule has 154 valence electrons. The Morgan fingerprint density at radius 1 is 1.14 bits per heavy atom. The molecule has 1 heterocycles. The third-order valence-corrected chi connectivity index (χ3v) is 6.06. The summed E-state index contributed by atoms with van der Waals surface area (Å²) in [4.78, 5) is 14.3. The van der Waals surface area contributed by atoms with Crippen molar-refractivity contribution in [3.63, 3.8) is 0 Å². The maximum absolute atomic E-state index is 12.7. The summed E-state index contributed by atoms with van der Waals surface area (Å²) in [5.41, 5.74) is 7.33. The van der Waals surface area contributed by atoms with Crippen LogP contribution in [0.5, 0.6) is 0 Å². The van der Waals surface area contributed by atoms with Crippen molar-refractivity contribution in [1.29, 1.82) is 5.41 Å². The second kappa shape index (κ2) is 8.32. The van der Waals surface area contributed by atoms with Crippen molar-refractivity contribution >= 4 is 21.8 Å². The van der Waals surface area contributed by atoms with E-state index in [1.54, 1.807) is 48.4 Å². The van der Waals surface area contributed by atoms with Crippen LogP contribution in [0.1, 0.15) is 28.8 Å². The van der Waals surface area contributed by atoms with E-state index >= 15 is 0 Å². The summed E-state index contributed by atoms with van der Waals surface area (Å²) in [7, 11) is -2.36.